The highest BCUT2D eigenvalue weighted by Crippen LogP contribution is 2.32. The lowest BCUT2D eigenvalue weighted by Crippen LogP contribution is -2.24. The molecule has 9 heteroatoms. The highest BCUT2D eigenvalue weighted by atomic mass is 32.2. The zero-order chi connectivity index (χ0) is 26.8. The normalized spacial score (nSPS) is 11.1. The molecule has 5 aromatic rings. The van der Waals surface area contributed by atoms with Gasteiger partial charge in [0.15, 0.2) is 10.8 Å². The summed E-state index contributed by atoms with van der Waals surface area (Å²) in [6.07, 6.45) is 1.75. The molecule has 1 amide bonds. The predicted octanol–water partition coefficient (Wildman–Crippen LogP) is 5.69. The second-order valence-corrected chi connectivity index (χ2v) is 9.36. The number of aromatic nitrogens is 3. The molecule has 6 nitrogen and oxygen atoms in total. The van der Waals surface area contributed by atoms with Crippen molar-refractivity contribution < 1.29 is 13.6 Å². The monoisotopic (exact) mass is 528 g/mol. The summed E-state index contributed by atoms with van der Waals surface area (Å²) in [6, 6.07) is 21.0. The maximum absolute atomic E-state index is 14.8. The summed E-state index contributed by atoms with van der Waals surface area (Å²) in [7, 11) is 0. The average Bonchev–Trinajstić information content (AvgIpc) is 2.92. The summed E-state index contributed by atoms with van der Waals surface area (Å²) in [6.45, 7) is 2.22. The van der Waals surface area contributed by atoms with Crippen molar-refractivity contribution in [2.24, 2.45) is 0 Å². The number of rotatable bonds is 6. The smallest absolute Gasteiger partial charge is 0.256 e. The number of fused-ring (bicyclic) bond motifs is 1. The Balaban J connectivity index is 1.72. The summed E-state index contributed by atoms with van der Waals surface area (Å²) in [5.41, 5.74) is 1.94. The maximum atomic E-state index is 14.8. The topological polar surface area (TPSA) is 76.9 Å². The van der Waals surface area contributed by atoms with E-state index in [1.165, 1.54) is 30.0 Å². The van der Waals surface area contributed by atoms with E-state index in [4.69, 9.17) is 0 Å². The first-order chi connectivity index (χ1) is 18.4. The van der Waals surface area contributed by atoms with Crippen molar-refractivity contribution in [3.8, 4) is 16.9 Å². The molecule has 38 heavy (non-hydrogen) atoms. The Morgan fingerprint density at radius 2 is 1.68 bits per heavy atom. The minimum absolute atomic E-state index is 0.0352. The summed E-state index contributed by atoms with van der Waals surface area (Å²) < 4.78 is 30.5. The van der Waals surface area contributed by atoms with Gasteiger partial charge >= 0.3 is 0 Å². The fourth-order valence-electron chi connectivity index (χ4n) is 4.24. The van der Waals surface area contributed by atoms with Crippen LogP contribution in [0.25, 0.3) is 28.0 Å². The zero-order valence-corrected chi connectivity index (χ0v) is 21.4. The largest absolute Gasteiger partial charge is 0.348 e. The summed E-state index contributed by atoms with van der Waals surface area (Å²) >= 11 is 1.21. The molecule has 0 spiro atoms. The molecule has 5 rings (SSSR count). The molecule has 0 aliphatic heterocycles. The number of amides is 1. The van der Waals surface area contributed by atoms with E-state index in [2.05, 4.69) is 15.3 Å². The molecule has 0 bridgehead atoms. The zero-order valence-electron chi connectivity index (χ0n) is 20.5. The van der Waals surface area contributed by atoms with Gasteiger partial charge in [0.1, 0.15) is 17.3 Å². The van der Waals surface area contributed by atoms with Crippen LogP contribution in [0, 0.1) is 18.6 Å². The van der Waals surface area contributed by atoms with Crippen LogP contribution in [-0.4, -0.2) is 26.7 Å². The Hall–Kier alpha value is -4.37. The van der Waals surface area contributed by atoms with Crippen molar-refractivity contribution >= 4 is 28.7 Å². The third kappa shape index (κ3) is 4.80. The van der Waals surface area contributed by atoms with Crippen LogP contribution < -0.4 is 10.9 Å². The van der Waals surface area contributed by atoms with Crippen LogP contribution >= 0.6 is 11.8 Å². The number of benzene rings is 3. The van der Waals surface area contributed by atoms with Crippen molar-refractivity contribution in [1.29, 1.82) is 0 Å². The summed E-state index contributed by atoms with van der Waals surface area (Å²) in [4.78, 5) is 35.4. The van der Waals surface area contributed by atoms with Crippen molar-refractivity contribution in [3.05, 3.63) is 118 Å². The highest BCUT2D eigenvalue weighted by Gasteiger charge is 2.22. The molecule has 0 unspecified atom stereocenters. The van der Waals surface area contributed by atoms with Gasteiger partial charge in [-0.05, 0) is 49.1 Å². The van der Waals surface area contributed by atoms with E-state index < -0.39 is 22.9 Å². The molecule has 0 aliphatic carbocycles. The van der Waals surface area contributed by atoms with E-state index in [0.717, 1.165) is 27.8 Å². The van der Waals surface area contributed by atoms with Crippen LogP contribution in [0.3, 0.4) is 0 Å². The lowest BCUT2D eigenvalue weighted by molar-refractivity contribution is 0.0951. The highest BCUT2D eigenvalue weighted by molar-refractivity contribution is 7.98. The number of carbonyl (C=O) groups excluding carboxylic acids is 1. The molecule has 0 atom stereocenters. The van der Waals surface area contributed by atoms with Gasteiger partial charge in [0.2, 0.25) is 0 Å². The van der Waals surface area contributed by atoms with Gasteiger partial charge in [-0.15, -0.1) is 0 Å². The Labute approximate surface area is 221 Å². The number of nitrogens with one attached hydrogen (secondary N) is 1. The molecule has 0 radical (unpaired) electrons. The molecule has 0 fully saturated rings. The molecular weight excluding hydrogens is 506 g/mol. The minimum Gasteiger partial charge on any atom is -0.348 e. The van der Waals surface area contributed by atoms with Crippen molar-refractivity contribution in [1.82, 2.24) is 19.9 Å². The Bertz CT molecular complexity index is 1720. The molecule has 3 aromatic carbocycles. The number of carbonyl (C=O) groups is 1. The number of nitrogens with zero attached hydrogens (tertiary/aromatic N) is 3. The molecule has 2 heterocycles. The first-order valence-corrected chi connectivity index (χ1v) is 12.9. The van der Waals surface area contributed by atoms with Crippen LogP contribution in [0.1, 0.15) is 21.5 Å². The van der Waals surface area contributed by atoms with Crippen LogP contribution in [0.5, 0.6) is 0 Å². The van der Waals surface area contributed by atoms with E-state index >= 15 is 0 Å². The first-order valence-electron chi connectivity index (χ1n) is 11.7. The standard InChI is InChI=1S/C29H22F2N4O2S/c1-17-11-12-19(28(37)32-16-18-7-4-3-5-8-18)21(15-17)25-20-13-14-24(36)35(27(20)34-29(33-25)38-2)26-22(30)9-6-10-23(26)31/h3-15H,16H2,1-2H3,(H,32,37). The van der Waals surface area contributed by atoms with Crippen molar-refractivity contribution in [2.45, 2.75) is 18.6 Å². The lowest BCUT2D eigenvalue weighted by Gasteiger charge is -2.16. The van der Waals surface area contributed by atoms with E-state index in [9.17, 15) is 18.4 Å². The van der Waals surface area contributed by atoms with Gasteiger partial charge in [0, 0.05) is 29.1 Å². The van der Waals surface area contributed by atoms with Gasteiger partial charge in [-0.3, -0.25) is 14.2 Å². The fourth-order valence-corrected chi connectivity index (χ4v) is 4.60. The molecule has 0 aliphatic rings. The van der Waals surface area contributed by atoms with Gasteiger partial charge in [0.05, 0.1) is 5.69 Å². The van der Waals surface area contributed by atoms with Crippen LogP contribution in [0.2, 0.25) is 0 Å². The van der Waals surface area contributed by atoms with E-state index in [0.29, 0.717) is 28.8 Å². The second kappa shape index (κ2) is 10.5. The maximum Gasteiger partial charge on any atom is 0.256 e. The Morgan fingerprint density at radius 3 is 2.39 bits per heavy atom. The van der Waals surface area contributed by atoms with Gasteiger partial charge in [-0.1, -0.05) is 59.8 Å². The summed E-state index contributed by atoms with van der Waals surface area (Å²) in [5.74, 6) is -2.11. The SMILES string of the molecule is CSc1nc(-c2cc(C)ccc2C(=O)NCc2ccccc2)c2ccc(=O)n(-c3c(F)cccc3F)c2n1. The number of para-hydroxylation sites is 1. The fraction of sp³-hybridized carbons (Fsp3) is 0.103. The molecule has 0 saturated carbocycles. The van der Waals surface area contributed by atoms with Crippen LogP contribution in [0.4, 0.5) is 8.78 Å². The van der Waals surface area contributed by atoms with Gasteiger partial charge in [-0.25, -0.2) is 18.7 Å². The van der Waals surface area contributed by atoms with Gasteiger partial charge < -0.3 is 5.32 Å². The number of halogens is 2. The first kappa shape index (κ1) is 25.3. The quantitative estimate of drug-likeness (QED) is 0.227. The number of aryl methyl sites for hydroxylation is 1. The molecular formula is C29H22F2N4O2S. The molecule has 0 saturated heterocycles. The number of hydrogen-bond acceptors (Lipinski definition) is 5. The number of pyridine rings is 1. The third-order valence-corrected chi connectivity index (χ3v) is 6.59. The van der Waals surface area contributed by atoms with Crippen molar-refractivity contribution in [3.63, 3.8) is 0 Å². The Kier molecular flexibility index (Phi) is 7.02. The van der Waals surface area contributed by atoms with Crippen LogP contribution in [-0.2, 0) is 6.54 Å². The number of thioether (sulfide) groups is 1. The van der Waals surface area contributed by atoms with E-state index in [1.807, 2.05) is 49.4 Å². The summed E-state index contributed by atoms with van der Waals surface area (Å²) in [5, 5.41) is 3.59. The predicted molar refractivity (Wildman–Crippen MR) is 145 cm³/mol. The third-order valence-electron chi connectivity index (χ3n) is 6.04. The van der Waals surface area contributed by atoms with Crippen molar-refractivity contribution in [2.75, 3.05) is 6.26 Å². The molecule has 1 N–H and O–H groups in total. The van der Waals surface area contributed by atoms with Crippen LogP contribution in [0.15, 0.2) is 88.8 Å². The average molecular weight is 529 g/mol. The lowest BCUT2D eigenvalue weighted by atomic mass is 9.98. The van der Waals surface area contributed by atoms with Gasteiger partial charge in [-0.2, -0.15) is 0 Å². The molecule has 2 aromatic heterocycles. The number of hydrogen-bond donors (Lipinski definition) is 1. The van der Waals surface area contributed by atoms with E-state index in [-0.39, 0.29) is 16.7 Å². The molecule has 190 valence electrons. The second-order valence-electron chi connectivity index (χ2n) is 8.59. The van der Waals surface area contributed by atoms with Gasteiger partial charge in [0.25, 0.3) is 11.5 Å². The van der Waals surface area contributed by atoms with E-state index in [1.54, 1.807) is 12.3 Å². The minimum atomic E-state index is -0.901. The Morgan fingerprint density at radius 1 is 0.947 bits per heavy atom.